The molecule has 3 N–H and O–H groups in total. The fourth-order valence-electron chi connectivity index (χ4n) is 3.11. The van der Waals surface area contributed by atoms with E-state index in [0.717, 1.165) is 12.8 Å². The van der Waals surface area contributed by atoms with Crippen LogP contribution in [-0.2, 0) is 4.79 Å². The molecule has 4 nitrogen and oxygen atoms in total. The molecule has 2 aliphatic heterocycles. The highest BCUT2D eigenvalue weighted by Gasteiger charge is 2.40. The molecule has 16 heavy (non-hydrogen) atoms. The third kappa shape index (κ3) is 2.09. The number of nitrogens with zero attached hydrogens (tertiary/aromatic N) is 1. The second-order valence-corrected chi connectivity index (χ2v) is 5.85. The highest BCUT2D eigenvalue weighted by Crippen LogP contribution is 2.34. The number of nitrogens with two attached hydrogens (primary N) is 1. The van der Waals surface area contributed by atoms with Gasteiger partial charge in [0, 0.05) is 18.1 Å². The van der Waals surface area contributed by atoms with E-state index >= 15 is 0 Å². The fourth-order valence-corrected chi connectivity index (χ4v) is 3.11. The van der Waals surface area contributed by atoms with Crippen molar-refractivity contribution in [2.24, 2.45) is 5.73 Å². The number of piperidine rings is 1. The molecule has 0 aromatic carbocycles. The van der Waals surface area contributed by atoms with Crippen molar-refractivity contribution in [3.63, 3.8) is 0 Å². The summed E-state index contributed by atoms with van der Waals surface area (Å²) in [7, 11) is 2.22. The first-order valence-electron chi connectivity index (χ1n) is 6.19. The van der Waals surface area contributed by atoms with Gasteiger partial charge in [0.1, 0.15) is 0 Å². The van der Waals surface area contributed by atoms with Crippen molar-refractivity contribution >= 4 is 5.91 Å². The zero-order valence-electron chi connectivity index (χ0n) is 10.5. The van der Waals surface area contributed by atoms with Crippen molar-refractivity contribution in [3.05, 3.63) is 0 Å². The molecule has 4 heteroatoms. The Balaban J connectivity index is 1.96. The number of carbonyl (C=O) groups is 1. The van der Waals surface area contributed by atoms with Crippen LogP contribution in [0.5, 0.6) is 0 Å². The quantitative estimate of drug-likeness (QED) is 0.734. The van der Waals surface area contributed by atoms with Crippen LogP contribution in [0.3, 0.4) is 0 Å². The van der Waals surface area contributed by atoms with Crippen LogP contribution in [0.4, 0.5) is 0 Å². The molecule has 2 aliphatic rings. The van der Waals surface area contributed by atoms with Crippen LogP contribution in [-0.4, -0.2) is 41.5 Å². The molecular weight excluding hydrogens is 202 g/mol. The van der Waals surface area contributed by atoms with Gasteiger partial charge in [0.2, 0.25) is 5.91 Å². The van der Waals surface area contributed by atoms with Gasteiger partial charge in [0.05, 0.1) is 5.54 Å². The molecule has 92 valence electrons. The summed E-state index contributed by atoms with van der Waals surface area (Å²) in [6.45, 7) is 3.74. The highest BCUT2D eigenvalue weighted by atomic mass is 16.1. The summed E-state index contributed by atoms with van der Waals surface area (Å²) in [4.78, 5) is 13.8. The van der Waals surface area contributed by atoms with Gasteiger partial charge in [-0.1, -0.05) is 0 Å². The smallest absolute Gasteiger partial charge is 0.237 e. The lowest BCUT2D eigenvalue weighted by atomic mass is 9.94. The Labute approximate surface area is 97.6 Å². The zero-order valence-corrected chi connectivity index (χ0v) is 10.5. The monoisotopic (exact) mass is 225 g/mol. The summed E-state index contributed by atoms with van der Waals surface area (Å²) >= 11 is 0. The van der Waals surface area contributed by atoms with Crippen molar-refractivity contribution in [2.45, 2.75) is 63.2 Å². The summed E-state index contributed by atoms with van der Waals surface area (Å²) in [5.41, 5.74) is 4.80. The lowest BCUT2D eigenvalue weighted by Gasteiger charge is -2.39. The maximum absolute atomic E-state index is 11.3. The molecule has 0 aliphatic carbocycles. The SMILES string of the molecule is CN1C2CCC1CC(NC(C)(C)C(N)=O)C2. The molecule has 0 aromatic rings. The van der Waals surface area contributed by atoms with Gasteiger partial charge in [0.25, 0.3) is 0 Å². The molecule has 1 amide bonds. The first-order valence-corrected chi connectivity index (χ1v) is 6.19. The largest absolute Gasteiger partial charge is 0.368 e. The summed E-state index contributed by atoms with van der Waals surface area (Å²) in [6, 6.07) is 1.83. The average molecular weight is 225 g/mol. The second kappa shape index (κ2) is 4.00. The number of primary amides is 1. The normalized spacial score (nSPS) is 35.3. The van der Waals surface area contributed by atoms with E-state index in [2.05, 4.69) is 17.3 Å². The Morgan fingerprint density at radius 1 is 1.31 bits per heavy atom. The van der Waals surface area contributed by atoms with E-state index in [1.165, 1.54) is 12.8 Å². The summed E-state index contributed by atoms with van der Waals surface area (Å²) < 4.78 is 0. The predicted octanol–water partition coefficient (Wildman–Crippen LogP) is 0.465. The maximum atomic E-state index is 11.3. The van der Waals surface area contributed by atoms with Gasteiger partial charge < -0.3 is 16.0 Å². The molecule has 0 aromatic heterocycles. The second-order valence-electron chi connectivity index (χ2n) is 5.85. The fraction of sp³-hybridized carbons (Fsp3) is 0.917. The van der Waals surface area contributed by atoms with E-state index in [1.807, 2.05) is 13.8 Å². The molecule has 2 atom stereocenters. The van der Waals surface area contributed by atoms with Crippen LogP contribution in [0.15, 0.2) is 0 Å². The van der Waals surface area contributed by atoms with Crippen LogP contribution < -0.4 is 11.1 Å². The lowest BCUT2D eigenvalue weighted by molar-refractivity contribution is -0.123. The maximum Gasteiger partial charge on any atom is 0.237 e. The lowest BCUT2D eigenvalue weighted by Crippen LogP contribution is -2.58. The Hall–Kier alpha value is -0.610. The number of fused-ring (bicyclic) bond motifs is 2. The van der Waals surface area contributed by atoms with Crippen molar-refractivity contribution in [2.75, 3.05) is 7.05 Å². The number of hydrogen-bond donors (Lipinski definition) is 2. The standard InChI is InChI=1S/C12H23N3O/c1-12(2,11(13)16)14-8-6-9-4-5-10(7-8)15(9)3/h8-10,14H,4-7H2,1-3H3,(H2,13,16). The molecule has 2 bridgehead atoms. The highest BCUT2D eigenvalue weighted by molar-refractivity contribution is 5.83. The minimum Gasteiger partial charge on any atom is -0.368 e. The molecule has 0 saturated carbocycles. The summed E-state index contributed by atoms with van der Waals surface area (Å²) in [6.07, 6.45) is 4.89. The molecule has 2 heterocycles. The Bertz CT molecular complexity index is 276. The molecule has 0 spiro atoms. The van der Waals surface area contributed by atoms with E-state index in [4.69, 9.17) is 5.73 Å². The number of hydrogen-bond acceptors (Lipinski definition) is 3. The topological polar surface area (TPSA) is 58.4 Å². The Morgan fingerprint density at radius 3 is 2.25 bits per heavy atom. The minimum atomic E-state index is -0.583. The molecule has 0 radical (unpaired) electrons. The third-order valence-electron chi connectivity index (χ3n) is 4.28. The number of nitrogens with one attached hydrogen (secondary N) is 1. The number of rotatable bonds is 3. The van der Waals surface area contributed by atoms with Crippen LogP contribution in [0.2, 0.25) is 0 Å². The minimum absolute atomic E-state index is 0.265. The van der Waals surface area contributed by atoms with Crippen LogP contribution in [0.1, 0.15) is 39.5 Å². The third-order valence-corrected chi connectivity index (χ3v) is 4.28. The predicted molar refractivity (Wildman–Crippen MR) is 64.0 cm³/mol. The van der Waals surface area contributed by atoms with E-state index < -0.39 is 5.54 Å². The summed E-state index contributed by atoms with van der Waals surface area (Å²) in [5.74, 6) is -0.265. The van der Waals surface area contributed by atoms with E-state index in [0.29, 0.717) is 18.1 Å². The molecule has 2 fully saturated rings. The van der Waals surface area contributed by atoms with E-state index in [9.17, 15) is 4.79 Å². The van der Waals surface area contributed by atoms with Gasteiger partial charge in [0.15, 0.2) is 0 Å². The van der Waals surface area contributed by atoms with E-state index in [1.54, 1.807) is 0 Å². The van der Waals surface area contributed by atoms with Crippen LogP contribution >= 0.6 is 0 Å². The summed E-state index contributed by atoms with van der Waals surface area (Å²) in [5, 5.41) is 3.41. The van der Waals surface area contributed by atoms with Crippen molar-refractivity contribution < 1.29 is 4.79 Å². The Kier molecular flexibility index (Phi) is 2.97. The molecule has 2 rings (SSSR count). The Morgan fingerprint density at radius 2 is 1.81 bits per heavy atom. The van der Waals surface area contributed by atoms with Gasteiger partial charge in [-0.3, -0.25) is 4.79 Å². The first kappa shape index (κ1) is 11.9. The van der Waals surface area contributed by atoms with Gasteiger partial charge in [-0.25, -0.2) is 0 Å². The molecule has 2 unspecified atom stereocenters. The average Bonchev–Trinajstić information content (AvgIpc) is 2.42. The van der Waals surface area contributed by atoms with Crippen molar-refractivity contribution in [1.82, 2.24) is 10.2 Å². The van der Waals surface area contributed by atoms with Gasteiger partial charge in [-0.05, 0) is 46.6 Å². The van der Waals surface area contributed by atoms with Gasteiger partial charge in [-0.15, -0.1) is 0 Å². The van der Waals surface area contributed by atoms with Gasteiger partial charge in [-0.2, -0.15) is 0 Å². The molecule has 2 saturated heterocycles. The zero-order chi connectivity index (χ0) is 11.9. The first-order chi connectivity index (χ1) is 7.40. The molecular formula is C12H23N3O. The van der Waals surface area contributed by atoms with Crippen molar-refractivity contribution in [3.8, 4) is 0 Å². The number of amides is 1. The van der Waals surface area contributed by atoms with Crippen LogP contribution in [0.25, 0.3) is 0 Å². The van der Waals surface area contributed by atoms with Gasteiger partial charge >= 0.3 is 0 Å². The van der Waals surface area contributed by atoms with Crippen LogP contribution in [0, 0.1) is 0 Å². The van der Waals surface area contributed by atoms with Crippen molar-refractivity contribution in [1.29, 1.82) is 0 Å². The van der Waals surface area contributed by atoms with E-state index in [-0.39, 0.29) is 5.91 Å². The number of carbonyl (C=O) groups excluding carboxylic acids is 1.